The van der Waals surface area contributed by atoms with Crippen molar-refractivity contribution in [1.82, 2.24) is 10.6 Å². The monoisotopic (exact) mass is 378 g/mol. The Balaban J connectivity index is 3.92. The van der Waals surface area contributed by atoms with Crippen molar-refractivity contribution < 1.29 is 29.7 Å². The third-order valence-corrected chi connectivity index (χ3v) is 4.88. The number of carbonyl (C=O) groups excluding carboxylic acids is 3. The summed E-state index contributed by atoms with van der Waals surface area (Å²) in [5.41, 5.74) is -0.959. The van der Waals surface area contributed by atoms with E-state index in [9.17, 15) is 24.6 Å². The van der Waals surface area contributed by atoms with Crippen molar-refractivity contribution in [1.29, 1.82) is 0 Å². The fraction of sp³-hybridized carbons (Fsp3) is 0.812. The number of nitrogens with one attached hydrogen (secondary N) is 2. The summed E-state index contributed by atoms with van der Waals surface area (Å²) in [7, 11) is 0. The largest absolute Gasteiger partial charge is 0.396 e. The van der Waals surface area contributed by atoms with Crippen LogP contribution in [-0.2, 0) is 14.4 Å². The summed E-state index contributed by atoms with van der Waals surface area (Å²) < 4.78 is 0. The van der Waals surface area contributed by atoms with Gasteiger partial charge in [0, 0.05) is 30.7 Å². The third kappa shape index (κ3) is 9.20. The second-order valence-corrected chi connectivity index (χ2v) is 7.74. The SMILES string of the molecule is CC(C(=O)SCCNC(=O)CCNC(=O)[C@H](O)C(C)(C)CO)[C@H](C)O. The van der Waals surface area contributed by atoms with E-state index in [1.807, 2.05) is 0 Å². The van der Waals surface area contributed by atoms with Crippen LogP contribution in [0.3, 0.4) is 0 Å². The van der Waals surface area contributed by atoms with Gasteiger partial charge in [0.05, 0.1) is 18.6 Å². The minimum absolute atomic E-state index is 0.0424. The molecule has 0 heterocycles. The molecule has 8 nitrogen and oxygen atoms in total. The average molecular weight is 378 g/mol. The molecule has 0 bridgehead atoms. The molecule has 146 valence electrons. The lowest BCUT2D eigenvalue weighted by atomic mass is 9.87. The van der Waals surface area contributed by atoms with Crippen LogP contribution in [0.25, 0.3) is 0 Å². The topological polar surface area (TPSA) is 136 Å². The van der Waals surface area contributed by atoms with E-state index < -0.39 is 29.4 Å². The lowest BCUT2D eigenvalue weighted by molar-refractivity contribution is -0.137. The van der Waals surface area contributed by atoms with Gasteiger partial charge in [0.2, 0.25) is 11.8 Å². The molecule has 2 amide bonds. The Morgan fingerprint density at radius 3 is 2.20 bits per heavy atom. The first-order valence-corrected chi connectivity index (χ1v) is 9.19. The molecule has 9 heteroatoms. The van der Waals surface area contributed by atoms with Crippen molar-refractivity contribution in [3.63, 3.8) is 0 Å². The van der Waals surface area contributed by atoms with Crippen molar-refractivity contribution in [3.8, 4) is 0 Å². The predicted molar refractivity (Wildman–Crippen MR) is 95.8 cm³/mol. The molecule has 25 heavy (non-hydrogen) atoms. The Morgan fingerprint density at radius 2 is 1.68 bits per heavy atom. The van der Waals surface area contributed by atoms with Gasteiger partial charge in [-0.1, -0.05) is 32.5 Å². The number of aliphatic hydroxyl groups is 3. The number of rotatable bonds is 11. The van der Waals surface area contributed by atoms with Gasteiger partial charge in [0.25, 0.3) is 0 Å². The van der Waals surface area contributed by atoms with Gasteiger partial charge in [0.1, 0.15) is 6.10 Å². The number of amides is 2. The molecule has 0 aliphatic heterocycles. The molecule has 5 N–H and O–H groups in total. The summed E-state index contributed by atoms with van der Waals surface area (Å²) >= 11 is 1.05. The van der Waals surface area contributed by atoms with Gasteiger partial charge in [-0.25, -0.2) is 0 Å². The van der Waals surface area contributed by atoms with Crippen LogP contribution < -0.4 is 10.6 Å². The van der Waals surface area contributed by atoms with Crippen LogP contribution in [-0.4, -0.2) is 69.9 Å². The summed E-state index contributed by atoms with van der Waals surface area (Å²) in [6, 6.07) is 0. The predicted octanol–water partition coefficient (Wildman–Crippen LogP) is -0.735. The number of carbonyl (C=O) groups is 3. The lowest BCUT2D eigenvalue weighted by Gasteiger charge is -2.27. The van der Waals surface area contributed by atoms with Crippen LogP contribution in [0.4, 0.5) is 0 Å². The molecule has 0 rings (SSSR count). The molecule has 0 spiro atoms. The highest BCUT2D eigenvalue weighted by molar-refractivity contribution is 8.13. The molecule has 0 saturated heterocycles. The van der Waals surface area contributed by atoms with Crippen LogP contribution in [0.2, 0.25) is 0 Å². The molecule has 3 atom stereocenters. The van der Waals surface area contributed by atoms with Crippen LogP contribution in [0.1, 0.15) is 34.1 Å². The van der Waals surface area contributed by atoms with Crippen molar-refractivity contribution in [2.75, 3.05) is 25.4 Å². The van der Waals surface area contributed by atoms with Gasteiger partial charge in [0.15, 0.2) is 5.12 Å². The normalized spacial score (nSPS) is 15.2. The van der Waals surface area contributed by atoms with Crippen LogP contribution in [0.5, 0.6) is 0 Å². The molecular formula is C16H30N2O6S. The molecule has 0 aromatic carbocycles. The Labute approximate surface area is 152 Å². The summed E-state index contributed by atoms with van der Waals surface area (Å²) in [5, 5.41) is 33.2. The van der Waals surface area contributed by atoms with E-state index in [-0.39, 0.29) is 30.6 Å². The highest BCUT2D eigenvalue weighted by Gasteiger charge is 2.32. The third-order valence-electron chi connectivity index (χ3n) is 3.81. The standard InChI is InChI=1S/C16H30N2O6S/c1-10(11(2)20)15(24)25-8-7-17-12(21)5-6-18-14(23)13(22)16(3,4)9-19/h10-11,13,19-20,22H,5-9H2,1-4H3,(H,17,21)(H,18,23)/t10?,11-,13-/m0/s1. The minimum Gasteiger partial charge on any atom is -0.396 e. The number of hydrogen-bond acceptors (Lipinski definition) is 7. The van der Waals surface area contributed by atoms with Crippen LogP contribution in [0, 0.1) is 11.3 Å². The molecule has 0 aliphatic rings. The zero-order valence-corrected chi connectivity index (χ0v) is 16.1. The number of aliphatic hydroxyl groups excluding tert-OH is 3. The maximum Gasteiger partial charge on any atom is 0.249 e. The molecule has 0 aromatic rings. The van der Waals surface area contributed by atoms with Crippen LogP contribution in [0.15, 0.2) is 0 Å². The average Bonchev–Trinajstić information content (AvgIpc) is 2.56. The highest BCUT2D eigenvalue weighted by Crippen LogP contribution is 2.19. The van der Waals surface area contributed by atoms with E-state index >= 15 is 0 Å². The molecule has 0 aromatic heterocycles. The molecule has 0 aliphatic carbocycles. The minimum atomic E-state index is -1.36. The fourth-order valence-corrected chi connectivity index (χ4v) is 2.46. The number of thioether (sulfide) groups is 1. The fourth-order valence-electron chi connectivity index (χ4n) is 1.60. The van der Waals surface area contributed by atoms with Crippen molar-refractivity contribution in [2.24, 2.45) is 11.3 Å². The van der Waals surface area contributed by atoms with Crippen molar-refractivity contribution >= 4 is 28.7 Å². The molecule has 0 radical (unpaired) electrons. The van der Waals surface area contributed by atoms with Gasteiger partial charge < -0.3 is 26.0 Å². The quantitative estimate of drug-likeness (QED) is 0.299. The van der Waals surface area contributed by atoms with Gasteiger partial charge in [-0.05, 0) is 6.92 Å². The van der Waals surface area contributed by atoms with E-state index in [4.69, 9.17) is 5.11 Å². The van der Waals surface area contributed by atoms with E-state index in [1.165, 1.54) is 0 Å². The van der Waals surface area contributed by atoms with E-state index in [0.717, 1.165) is 11.8 Å². The Morgan fingerprint density at radius 1 is 1.08 bits per heavy atom. The summed E-state index contributed by atoms with van der Waals surface area (Å²) in [6.07, 6.45) is -2.02. The first-order valence-electron chi connectivity index (χ1n) is 8.21. The van der Waals surface area contributed by atoms with Gasteiger partial charge >= 0.3 is 0 Å². The Hall–Kier alpha value is -1.16. The summed E-state index contributed by atoms with van der Waals surface area (Å²) in [4.78, 5) is 35.0. The molecule has 0 fully saturated rings. The van der Waals surface area contributed by atoms with E-state index in [1.54, 1.807) is 27.7 Å². The van der Waals surface area contributed by atoms with Crippen molar-refractivity contribution in [2.45, 2.75) is 46.3 Å². The van der Waals surface area contributed by atoms with Gasteiger partial charge in [-0.15, -0.1) is 0 Å². The maximum absolute atomic E-state index is 11.7. The molecule has 1 unspecified atom stereocenters. The first kappa shape index (κ1) is 23.8. The molecular weight excluding hydrogens is 348 g/mol. The highest BCUT2D eigenvalue weighted by atomic mass is 32.2. The second-order valence-electron chi connectivity index (χ2n) is 6.64. The van der Waals surface area contributed by atoms with Gasteiger partial charge in [-0.2, -0.15) is 0 Å². The van der Waals surface area contributed by atoms with Crippen LogP contribution >= 0.6 is 11.8 Å². The Kier molecular flexibility index (Phi) is 10.9. The summed E-state index contributed by atoms with van der Waals surface area (Å²) in [6.45, 7) is 6.34. The molecule has 0 saturated carbocycles. The van der Waals surface area contributed by atoms with E-state index in [0.29, 0.717) is 12.3 Å². The lowest BCUT2D eigenvalue weighted by Crippen LogP contribution is -2.46. The van der Waals surface area contributed by atoms with E-state index in [2.05, 4.69) is 10.6 Å². The zero-order chi connectivity index (χ0) is 19.6. The zero-order valence-electron chi connectivity index (χ0n) is 15.2. The van der Waals surface area contributed by atoms with Gasteiger partial charge in [-0.3, -0.25) is 14.4 Å². The summed E-state index contributed by atoms with van der Waals surface area (Å²) in [5.74, 6) is -0.976. The second kappa shape index (κ2) is 11.5. The van der Waals surface area contributed by atoms with Crippen molar-refractivity contribution in [3.05, 3.63) is 0 Å². The Bertz CT molecular complexity index is 456. The first-order chi connectivity index (χ1) is 11.5. The maximum atomic E-state index is 11.7. The smallest absolute Gasteiger partial charge is 0.249 e. The number of hydrogen-bond donors (Lipinski definition) is 5.